The number of hydrogen-bond acceptors (Lipinski definition) is 4. The molecule has 2 rings (SSSR count). The van der Waals surface area contributed by atoms with Crippen LogP contribution < -0.4 is 0 Å². The molecule has 0 N–H and O–H groups in total. The van der Waals surface area contributed by atoms with Crippen LogP contribution >= 0.6 is 15.9 Å². The van der Waals surface area contributed by atoms with Gasteiger partial charge in [0.05, 0.1) is 24.9 Å². The third kappa shape index (κ3) is 3.76. The smallest absolute Gasteiger partial charge is 0.0898 e. The summed E-state index contributed by atoms with van der Waals surface area (Å²) in [5.74, 6) is 0. The van der Waals surface area contributed by atoms with E-state index in [0.717, 1.165) is 43.7 Å². The first kappa shape index (κ1) is 14.0. The molecule has 1 aromatic rings. The standard InChI is InChI=1S/C12H21BrN4O/c1-10(2)16-5-6-18-12(8-16)9-17-7-11(3-4-13)14-15-17/h7,10,12H,3-6,8-9H2,1-2H3. The Balaban J connectivity index is 1.87. The van der Waals surface area contributed by atoms with Crippen molar-refractivity contribution in [2.24, 2.45) is 0 Å². The number of rotatable bonds is 5. The summed E-state index contributed by atoms with van der Waals surface area (Å²) in [7, 11) is 0. The maximum Gasteiger partial charge on any atom is 0.0898 e. The zero-order chi connectivity index (χ0) is 13.0. The van der Waals surface area contributed by atoms with Crippen LogP contribution in [0.25, 0.3) is 0 Å². The molecule has 1 unspecified atom stereocenters. The number of morpholine rings is 1. The summed E-state index contributed by atoms with van der Waals surface area (Å²) in [6.45, 7) is 8.06. The molecule has 0 aromatic carbocycles. The summed E-state index contributed by atoms with van der Waals surface area (Å²) in [6.07, 6.45) is 3.16. The number of aromatic nitrogens is 3. The summed E-state index contributed by atoms with van der Waals surface area (Å²) in [6, 6.07) is 0.580. The molecule has 0 amide bonds. The Kier molecular flexibility index (Phi) is 5.14. The minimum atomic E-state index is 0.222. The van der Waals surface area contributed by atoms with E-state index in [1.54, 1.807) is 0 Å². The Morgan fingerprint density at radius 2 is 2.39 bits per heavy atom. The summed E-state index contributed by atoms with van der Waals surface area (Å²) < 4.78 is 7.69. The van der Waals surface area contributed by atoms with E-state index in [0.29, 0.717) is 6.04 Å². The van der Waals surface area contributed by atoms with E-state index in [-0.39, 0.29) is 6.10 Å². The highest BCUT2D eigenvalue weighted by Gasteiger charge is 2.22. The Morgan fingerprint density at radius 1 is 1.56 bits per heavy atom. The number of hydrogen-bond donors (Lipinski definition) is 0. The zero-order valence-electron chi connectivity index (χ0n) is 11.0. The number of aryl methyl sites for hydroxylation is 1. The minimum absolute atomic E-state index is 0.222. The van der Waals surface area contributed by atoms with E-state index in [9.17, 15) is 0 Å². The monoisotopic (exact) mass is 316 g/mol. The molecule has 18 heavy (non-hydrogen) atoms. The van der Waals surface area contributed by atoms with E-state index in [2.05, 4.69) is 45.0 Å². The minimum Gasteiger partial charge on any atom is -0.374 e. The lowest BCUT2D eigenvalue weighted by molar-refractivity contribution is -0.0471. The van der Waals surface area contributed by atoms with Gasteiger partial charge in [-0.25, -0.2) is 4.68 Å². The second-order valence-electron chi connectivity index (χ2n) is 4.95. The van der Waals surface area contributed by atoms with E-state index >= 15 is 0 Å². The molecule has 2 heterocycles. The number of ether oxygens (including phenoxy) is 1. The first-order chi connectivity index (χ1) is 8.69. The van der Waals surface area contributed by atoms with Gasteiger partial charge in [-0.15, -0.1) is 5.10 Å². The van der Waals surface area contributed by atoms with Crippen molar-refractivity contribution < 1.29 is 4.74 Å². The van der Waals surface area contributed by atoms with Gasteiger partial charge in [0.15, 0.2) is 0 Å². The largest absolute Gasteiger partial charge is 0.374 e. The topological polar surface area (TPSA) is 43.2 Å². The fourth-order valence-corrected chi connectivity index (χ4v) is 2.58. The molecular weight excluding hydrogens is 296 g/mol. The fraction of sp³-hybridized carbons (Fsp3) is 0.833. The van der Waals surface area contributed by atoms with E-state index in [4.69, 9.17) is 4.74 Å². The van der Waals surface area contributed by atoms with Crippen LogP contribution in [-0.4, -0.2) is 57.1 Å². The average Bonchev–Trinajstić information content (AvgIpc) is 2.77. The molecule has 1 saturated heterocycles. The number of halogens is 1. The SMILES string of the molecule is CC(C)N1CCOC(Cn2cc(CCBr)nn2)C1. The number of alkyl halides is 1. The molecule has 0 aliphatic carbocycles. The Hall–Kier alpha value is -0.460. The van der Waals surface area contributed by atoms with Crippen molar-refractivity contribution in [2.45, 2.75) is 39.0 Å². The van der Waals surface area contributed by atoms with E-state index < -0.39 is 0 Å². The second-order valence-corrected chi connectivity index (χ2v) is 5.75. The first-order valence-electron chi connectivity index (χ1n) is 6.49. The second kappa shape index (κ2) is 6.63. The van der Waals surface area contributed by atoms with Crippen molar-refractivity contribution in [2.75, 3.05) is 25.0 Å². The van der Waals surface area contributed by atoms with E-state index in [1.165, 1.54) is 0 Å². The van der Waals surface area contributed by atoms with Crippen LogP contribution in [0, 0.1) is 0 Å². The van der Waals surface area contributed by atoms with Gasteiger partial charge in [0, 0.05) is 37.1 Å². The van der Waals surface area contributed by atoms with Crippen molar-refractivity contribution in [3.8, 4) is 0 Å². The van der Waals surface area contributed by atoms with Gasteiger partial charge in [-0.3, -0.25) is 4.90 Å². The van der Waals surface area contributed by atoms with Crippen molar-refractivity contribution in [3.05, 3.63) is 11.9 Å². The molecule has 6 heteroatoms. The highest BCUT2D eigenvalue weighted by Crippen LogP contribution is 2.10. The van der Waals surface area contributed by atoms with Crippen LogP contribution in [0.15, 0.2) is 6.20 Å². The molecule has 102 valence electrons. The van der Waals surface area contributed by atoms with Gasteiger partial charge >= 0.3 is 0 Å². The summed E-state index contributed by atoms with van der Waals surface area (Å²) in [4.78, 5) is 2.45. The van der Waals surface area contributed by atoms with Crippen LogP contribution in [0.4, 0.5) is 0 Å². The summed E-state index contributed by atoms with van der Waals surface area (Å²) in [5, 5.41) is 9.21. The third-order valence-corrected chi connectivity index (χ3v) is 3.62. The lowest BCUT2D eigenvalue weighted by Crippen LogP contribution is -2.47. The van der Waals surface area contributed by atoms with Crippen LogP contribution in [0.5, 0.6) is 0 Å². The van der Waals surface area contributed by atoms with Crippen LogP contribution in [0.2, 0.25) is 0 Å². The molecule has 5 nitrogen and oxygen atoms in total. The predicted octanol–water partition coefficient (Wildman–Crippen LogP) is 1.32. The average molecular weight is 317 g/mol. The molecule has 0 bridgehead atoms. The quantitative estimate of drug-likeness (QED) is 0.769. The van der Waals surface area contributed by atoms with Crippen molar-refractivity contribution in [3.63, 3.8) is 0 Å². The Labute approximate surface area is 117 Å². The lowest BCUT2D eigenvalue weighted by Gasteiger charge is -2.35. The maximum absolute atomic E-state index is 5.79. The summed E-state index contributed by atoms with van der Waals surface area (Å²) in [5.41, 5.74) is 1.03. The highest BCUT2D eigenvalue weighted by atomic mass is 79.9. The summed E-state index contributed by atoms with van der Waals surface area (Å²) >= 11 is 3.41. The third-order valence-electron chi connectivity index (χ3n) is 3.23. The molecule has 1 fully saturated rings. The molecule has 0 radical (unpaired) electrons. The van der Waals surface area contributed by atoms with Gasteiger partial charge in [0.2, 0.25) is 0 Å². The van der Waals surface area contributed by atoms with Gasteiger partial charge < -0.3 is 4.74 Å². The molecule has 1 aliphatic rings. The van der Waals surface area contributed by atoms with Gasteiger partial charge in [-0.05, 0) is 13.8 Å². The van der Waals surface area contributed by atoms with E-state index in [1.807, 2.05) is 10.9 Å². The molecule has 1 aliphatic heterocycles. The van der Waals surface area contributed by atoms with Gasteiger partial charge in [-0.2, -0.15) is 0 Å². The Morgan fingerprint density at radius 3 is 3.11 bits per heavy atom. The van der Waals surface area contributed by atoms with Gasteiger partial charge in [-0.1, -0.05) is 21.1 Å². The molecule has 1 aromatic heterocycles. The molecule has 0 spiro atoms. The lowest BCUT2D eigenvalue weighted by atomic mass is 10.2. The maximum atomic E-state index is 5.79. The van der Waals surface area contributed by atoms with Crippen molar-refractivity contribution in [1.29, 1.82) is 0 Å². The molecular formula is C12H21BrN4O. The molecule has 1 atom stereocenters. The number of nitrogens with zero attached hydrogens (tertiary/aromatic N) is 4. The van der Waals surface area contributed by atoms with Crippen LogP contribution in [0.3, 0.4) is 0 Å². The van der Waals surface area contributed by atoms with Crippen molar-refractivity contribution in [1.82, 2.24) is 19.9 Å². The normalized spacial score (nSPS) is 21.7. The first-order valence-corrected chi connectivity index (χ1v) is 7.62. The van der Waals surface area contributed by atoms with Crippen molar-refractivity contribution >= 4 is 15.9 Å². The zero-order valence-corrected chi connectivity index (χ0v) is 12.6. The predicted molar refractivity (Wildman–Crippen MR) is 74.0 cm³/mol. The fourth-order valence-electron chi connectivity index (χ4n) is 2.17. The van der Waals surface area contributed by atoms with Crippen LogP contribution in [-0.2, 0) is 17.7 Å². The molecule has 0 saturated carbocycles. The Bertz CT molecular complexity index is 369. The highest BCUT2D eigenvalue weighted by molar-refractivity contribution is 9.09. The van der Waals surface area contributed by atoms with Gasteiger partial charge in [0.1, 0.15) is 0 Å². The van der Waals surface area contributed by atoms with Gasteiger partial charge in [0.25, 0.3) is 0 Å². The van der Waals surface area contributed by atoms with Crippen LogP contribution in [0.1, 0.15) is 19.5 Å².